The van der Waals surface area contributed by atoms with E-state index in [4.69, 9.17) is 19.5 Å². The average molecular weight is 416 g/mol. The summed E-state index contributed by atoms with van der Waals surface area (Å²) in [5, 5.41) is 11.6. The topological polar surface area (TPSA) is 97.7 Å². The monoisotopic (exact) mass is 416 g/mol. The van der Waals surface area contributed by atoms with Gasteiger partial charge < -0.3 is 19.5 Å². The standard InChI is InChI=1S/C24H20N2O5/c1-29-22-7-3-6-20(13-22)26-23(27)16-30-21-10-8-19(9-11-21)24(28)31-15-18-5-2-4-17(12-18)14-25/h2-13H,15-16H2,1H3,(H,26,27). The van der Waals surface area contributed by atoms with E-state index in [1.54, 1.807) is 79.9 Å². The lowest BCUT2D eigenvalue weighted by molar-refractivity contribution is -0.118. The number of anilines is 1. The average Bonchev–Trinajstić information content (AvgIpc) is 2.81. The molecule has 0 saturated carbocycles. The molecule has 0 aliphatic carbocycles. The zero-order chi connectivity index (χ0) is 22.1. The number of hydrogen-bond donors (Lipinski definition) is 1. The second kappa shape index (κ2) is 10.5. The van der Waals surface area contributed by atoms with Gasteiger partial charge in [0.1, 0.15) is 18.1 Å². The molecule has 7 heteroatoms. The molecule has 0 fully saturated rings. The van der Waals surface area contributed by atoms with E-state index in [0.717, 1.165) is 5.56 Å². The molecule has 31 heavy (non-hydrogen) atoms. The maximum Gasteiger partial charge on any atom is 0.338 e. The minimum Gasteiger partial charge on any atom is -0.497 e. The molecule has 3 rings (SSSR count). The summed E-state index contributed by atoms with van der Waals surface area (Å²) in [4.78, 5) is 24.3. The zero-order valence-corrected chi connectivity index (χ0v) is 16.8. The van der Waals surface area contributed by atoms with E-state index in [0.29, 0.717) is 28.3 Å². The Morgan fingerprint density at radius 1 is 0.968 bits per heavy atom. The van der Waals surface area contributed by atoms with Gasteiger partial charge in [-0.2, -0.15) is 5.26 Å². The van der Waals surface area contributed by atoms with Crippen LogP contribution in [-0.4, -0.2) is 25.6 Å². The summed E-state index contributed by atoms with van der Waals surface area (Å²) in [6.45, 7) is -0.118. The van der Waals surface area contributed by atoms with E-state index in [1.165, 1.54) is 0 Å². The summed E-state index contributed by atoms with van der Waals surface area (Å²) in [6, 6.07) is 22.2. The summed E-state index contributed by atoms with van der Waals surface area (Å²) in [7, 11) is 1.55. The maximum absolute atomic E-state index is 12.2. The summed E-state index contributed by atoms with van der Waals surface area (Å²) in [6.07, 6.45) is 0. The Morgan fingerprint density at radius 3 is 2.48 bits per heavy atom. The molecule has 0 atom stereocenters. The Balaban J connectivity index is 1.48. The van der Waals surface area contributed by atoms with Crippen molar-refractivity contribution in [2.75, 3.05) is 19.0 Å². The Kier molecular flexibility index (Phi) is 7.22. The fourth-order valence-electron chi connectivity index (χ4n) is 2.70. The number of nitrogens with one attached hydrogen (secondary N) is 1. The van der Waals surface area contributed by atoms with Crippen LogP contribution < -0.4 is 14.8 Å². The smallest absolute Gasteiger partial charge is 0.338 e. The highest BCUT2D eigenvalue weighted by Crippen LogP contribution is 2.17. The number of carbonyl (C=O) groups is 2. The van der Waals surface area contributed by atoms with Gasteiger partial charge in [-0.05, 0) is 54.1 Å². The molecule has 0 aliphatic rings. The second-order valence-corrected chi connectivity index (χ2v) is 6.48. The van der Waals surface area contributed by atoms with E-state index >= 15 is 0 Å². The maximum atomic E-state index is 12.2. The molecule has 0 spiro atoms. The summed E-state index contributed by atoms with van der Waals surface area (Å²) < 4.78 is 15.8. The van der Waals surface area contributed by atoms with Crippen molar-refractivity contribution in [2.45, 2.75) is 6.61 Å². The van der Waals surface area contributed by atoms with Crippen LogP contribution in [0.5, 0.6) is 11.5 Å². The Morgan fingerprint density at radius 2 is 1.74 bits per heavy atom. The van der Waals surface area contributed by atoms with E-state index in [1.807, 2.05) is 6.07 Å². The van der Waals surface area contributed by atoms with Crippen LogP contribution in [-0.2, 0) is 16.1 Å². The molecule has 0 saturated heterocycles. The first-order chi connectivity index (χ1) is 15.1. The number of nitrogens with zero attached hydrogens (tertiary/aromatic N) is 1. The minimum atomic E-state index is -0.496. The lowest BCUT2D eigenvalue weighted by atomic mass is 10.1. The molecule has 156 valence electrons. The van der Waals surface area contributed by atoms with Crippen molar-refractivity contribution in [3.8, 4) is 17.6 Å². The predicted molar refractivity (Wildman–Crippen MR) is 114 cm³/mol. The largest absolute Gasteiger partial charge is 0.497 e. The van der Waals surface area contributed by atoms with E-state index in [-0.39, 0.29) is 19.1 Å². The van der Waals surface area contributed by atoms with Crippen LogP contribution in [0.15, 0.2) is 72.8 Å². The van der Waals surface area contributed by atoms with Crippen molar-refractivity contribution in [3.63, 3.8) is 0 Å². The van der Waals surface area contributed by atoms with Crippen molar-refractivity contribution >= 4 is 17.6 Å². The van der Waals surface area contributed by atoms with Gasteiger partial charge in [-0.1, -0.05) is 18.2 Å². The summed E-state index contributed by atoms with van der Waals surface area (Å²) >= 11 is 0. The number of esters is 1. The first-order valence-electron chi connectivity index (χ1n) is 9.40. The third kappa shape index (κ3) is 6.34. The number of hydrogen-bond acceptors (Lipinski definition) is 6. The highest BCUT2D eigenvalue weighted by Gasteiger charge is 2.09. The van der Waals surface area contributed by atoms with E-state index in [2.05, 4.69) is 5.32 Å². The van der Waals surface area contributed by atoms with Crippen LogP contribution in [0.3, 0.4) is 0 Å². The number of methoxy groups -OCH3 is 1. The van der Waals surface area contributed by atoms with Crippen molar-refractivity contribution in [3.05, 3.63) is 89.5 Å². The van der Waals surface area contributed by atoms with Crippen LogP contribution in [0, 0.1) is 11.3 Å². The van der Waals surface area contributed by atoms with Gasteiger partial charge in [0, 0.05) is 11.8 Å². The van der Waals surface area contributed by atoms with Crippen LogP contribution in [0.2, 0.25) is 0 Å². The molecule has 0 aromatic heterocycles. The van der Waals surface area contributed by atoms with Gasteiger partial charge in [-0.25, -0.2) is 4.79 Å². The summed E-state index contributed by atoms with van der Waals surface area (Å²) in [5.74, 6) is 0.263. The molecule has 0 heterocycles. The van der Waals surface area contributed by atoms with Gasteiger partial charge >= 0.3 is 5.97 Å². The number of carbonyl (C=O) groups excluding carboxylic acids is 2. The molecule has 3 aromatic rings. The van der Waals surface area contributed by atoms with Gasteiger partial charge in [-0.3, -0.25) is 4.79 Å². The van der Waals surface area contributed by atoms with E-state index < -0.39 is 5.97 Å². The summed E-state index contributed by atoms with van der Waals surface area (Å²) in [5.41, 5.74) is 2.19. The van der Waals surface area contributed by atoms with Crippen LogP contribution in [0.1, 0.15) is 21.5 Å². The normalized spacial score (nSPS) is 9.94. The van der Waals surface area contributed by atoms with Crippen molar-refractivity contribution in [2.24, 2.45) is 0 Å². The Bertz CT molecular complexity index is 1100. The third-order valence-electron chi connectivity index (χ3n) is 4.24. The third-order valence-corrected chi connectivity index (χ3v) is 4.24. The number of benzene rings is 3. The second-order valence-electron chi connectivity index (χ2n) is 6.48. The van der Waals surface area contributed by atoms with Gasteiger partial charge in [0.25, 0.3) is 5.91 Å². The molecule has 0 bridgehead atoms. The quantitative estimate of drug-likeness (QED) is 0.559. The zero-order valence-electron chi connectivity index (χ0n) is 16.8. The number of ether oxygens (including phenoxy) is 3. The highest BCUT2D eigenvalue weighted by molar-refractivity contribution is 5.92. The van der Waals surface area contributed by atoms with Crippen LogP contribution in [0.25, 0.3) is 0 Å². The lowest BCUT2D eigenvalue weighted by Crippen LogP contribution is -2.20. The first-order valence-corrected chi connectivity index (χ1v) is 9.40. The SMILES string of the molecule is COc1cccc(NC(=O)COc2ccc(C(=O)OCc3cccc(C#N)c3)cc2)c1. The van der Waals surface area contributed by atoms with Gasteiger partial charge in [0.05, 0.1) is 24.3 Å². The molecular formula is C24H20N2O5. The molecule has 1 amide bonds. The van der Waals surface area contributed by atoms with E-state index in [9.17, 15) is 9.59 Å². The number of amides is 1. The number of nitriles is 1. The Labute approximate surface area is 179 Å². The van der Waals surface area contributed by atoms with Gasteiger partial charge in [0.2, 0.25) is 0 Å². The molecule has 7 nitrogen and oxygen atoms in total. The van der Waals surface area contributed by atoms with Gasteiger partial charge in [0.15, 0.2) is 6.61 Å². The number of rotatable bonds is 8. The lowest BCUT2D eigenvalue weighted by Gasteiger charge is -2.09. The fraction of sp³-hybridized carbons (Fsp3) is 0.125. The fourth-order valence-corrected chi connectivity index (χ4v) is 2.70. The predicted octanol–water partition coefficient (Wildman–Crippen LogP) is 3.94. The molecule has 0 aliphatic heterocycles. The minimum absolute atomic E-state index is 0.0665. The van der Waals surface area contributed by atoms with Crippen molar-refractivity contribution in [1.82, 2.24) is 0 Å². The molecule has 3 aromatic carbocycles. The van der Waals surface area contributed by atoms with Gasteiger partial charge in [-0.15, -0.1) is 0 Å². The van der Waals surface area contributed by atoms with Crippen LogP contribution in [0.4, 0.5) is 5.69 Å². The first kappa shape index (κ1) is 21.4. The molecule has 0 unspecified atom stereocenters. The van der Waals surface area contributed by atoms with Crippen LogP contribution >= 0.6 is 0 Å². The highest BCUT2D eigenvalue weighted by atomic mass is 16.5. The Hall–Kier alpha value is -4.31. The molecular weight excluding hydrogens is 396 g/mol. The van der Waals surface area contributed by atoms with Crippen molar-refractivity contribution in [1.29, 1.82) is 5.26 Å². The molecule has 0 radical (unpaired) electrons. The molecule has 1 N–H and O–H groups in total. The van der Waals surface area contributed by atoms with Crippen molar-refractivity contribution < 1.29 is 23.8 Å².